The smallest absolute Gasteiger partial charge is 0.273 e. The van der Waals surface area contributed by atoms with Crippen molar-refractivity contribution in [1.29, 1.82) is 0 Å². The number of carbonyl (C=O) groups excluding carboxylic acids is 1. The maximum atomic E-state index is 13.5. The van der Waals surface area contributed by atoms with Crippen LogP contribution in [-0.4, -0.2) is 38.6 Å². The van der Waals surface area contributed by atoms with Crippen LogP contribution in [0.15, 0.2) is 48.8 Å². The molecular formula is C20H22N4O2. The van der Waals surface area contributed by atoms with Crippen molar-refractivity contribution in [2.75, 3.05) is 7.11 Å². The van der Waals surface area contributed by atoms with E-state index in [0.29, 0.717) is 11.3 Å². The Labute approximate surface area is 152 Å². The molecule has 1 aliphatic heterocycles. The van der Waals surface area contributed by atoms with Crippen molar-refractivity contribution >= 4 is 11.6 Å². The molecule has 0 saturated carbocycles. The Morgan fingerprint density at radius 3 is 2.85 bits per heavy atom. The number of methoxy groups -OCH3 is 1. The zero-order chi connectivity index (χ0) is 18.1. The number of nitrogens with zero attached hydrogens (tertiary/aromatic N) is 4. The number of amides is 1. The van der Waals surface area contributed by atoms with E-state index in [0.717, 1.165) is 30.6 Å². The summed E-state index contributed by atoms with van der Waals surface area (Å²) in [7, 11) is 1.67. The first-order chi connectivity index (χ1) is 12.7. The van der Waals surface area contributed by atoms with Crippen molar-refractivity contribution in [2.45, 2.75) is 38.3 Å². The topological polar surface area (TPSA) is 59.7 Å². The molecule has 0 unspecified atom stereocenters. The predicted molar refractivity (Wildman–Crippen MR) is 98.2 cm³/mol. The predicted octanol–water partition coefficient (Wildman–Crippen LogP) is 3.49. The number of rotatable bonds is 3. The number of ether oxygens (including phenoxy) is 1. The van der Waals surface area contributed by atoms with Gasteiger partial charge in [-0.1, -0.05) is 24.3 Å². The quantitative estimate of drug-likeness (QED) is 0.725. The van der Waals surface area contributed by atoms with Gasteiger partial charge >= 0.3 is 0 Å². The number of para-hydroxylation sites is 1. The molecule has 26 heavy (non-hydrogen) atoms. The minimum Gasteiger partial charge on any atom is -0.496 e. The van der Waals surface area contributed by atoms with E-state index in [1.54, 1.807) is 11.6 Å². The minimum absolute atomic E-state index is 0.0128. The summed E-state index contributed by atoms with van der Waals surface area (Å²) < 4.78 is 7.17. The summed E-state index contributed by atoms with van der Waals surface area (Å²) in [4.78, 5) is 19.7. The second-order valence-corrected chi connectivity index (χ2v) is 6.69. The zero-order valence-electron chi connectivity index (χ0n) is 15.0. The maximum absolute atomic E-state index is 13.5. The summed E-state index contributed by atoms with van der Waals surface area (Å²) in [5, 5.41) is 4.22. The van der Waals surface area contributed by atoms with Crippen molar-refractivity contribution < 1.29 is 9.53 Å². The number of hydrogen-bond donors (Lipinski definition) is 0. The Kier molecular flexibility index (Phi) is 4.32. The Balaban J connectivity index is 1.78. The Bertz CT molecular complexity index is 936. The molecule has 3 heterocycles. The monoisotopic (exact) mass is 350 g/mol. The van der Waals surface area contributed by atoms with Crippen molar-refractivity contribution in [2.24, 2.45) is 0 Å². The van der Waals surface area contributed by atoms with Gasteiger partial charge in [0.1, 0.15) is 17.8 Å². The van der Waals surface area contributed by atoms with Crippen LogP contribution in [0, 0.1) is 0 Å². The van der Waals surface area contributed by atoms with Crippen molar-refractivity contribution in [3.8, 4) is 5.75 Å². The average molecular weight is 350 g/mol. The molecule has 3 aromatic rings. The first-order valence-corrected chi connectivity index (χ1v) is 8.95. The first-order valence-electron chi connectivity index (χ1n) is 8.95. The van der Waals surface area contributed by atoms with Gasteiger partial charge in [0, 0.05) is 11.6 Å². The highest BCUT2D eigenvalue weighted by Crippen LogP contribution is 2.39. The number of pyridine rings is 1. The van der Waals surface area contributed by atoms with Crippen molar-refractivity contribution in [3.63, 3.8) is 0 Å². The summed E-state index contributed by atoms with van der Waals surface area (Å²) in [5.74, 6) is 0.799. The molecule has 2 aromatic heterocycles. The van der Waals surface area contributed by atoms with Gasteiger partial charge in [0.2, 0.25) is 0 Å². The second-order valence-electron chi connectivity index (χ2n) is 6.69. The molecule has 1 aromatic carbocycles. The maximum Gasteiger partial charge on any atom is 0.273 e. The van der Waals surface area contributed by atoms with Crippen LogP contribution in [0.25, 0.3) is 5.65 Å². The number of fused-ring (bicyclic) bond motifs is 1. The summed E-state index contributed by atoms with van der Waals surface area (Å²) in [5.41, 5.74) is 2.27. The number of benzene rings is 1. The summed E-state index contributed by atoms with van der Waals surface area (Å²) in [6.07, 6.45) is 4.47. The van der Waals surface area contributed by atoms with Crippen LogP contribution in [0.2, 0.25) is 0 Å². The normalized spacial score (nSPS) is 20.3. The van der Waals surface area contributed by atoms with E-state index >= 15 is 0 Å². The van der Waals surface area contributed by atoms with Gasteiger partial charge in [-0.25, -0.2) is 9.50 Å². The third-order valence-electron chi connectivity index (χ3n) is 5.16. The standard InChI is InChI=1S/C20H22N4O2/c1-14-7-5-9-16(15-8-3-4-11-18(15)26-2)23(14)20(25)17-10-6-12-19-21-13-22-24(17)19/h3-4,6,8,10-14,16H,5,7,9H2,1-2H3/t14-,16-/m1/s1. The van der Waals surface area contributed by atoms with E-state index in [1.165, 1.54) is 6.33 Å². The molecule has 0 bridgehead atoms. The molecule has 0 radical (unpaired) electrons. The van der Waals surface area contributed by atoms with E-state index in [1.807, 2.05) is 41.3 Å². The lowest BCUT2D eigenvalue weighted by atomic mass is 9.90. The summed E-state index contributed by atoms with van der Waals surface area (Å²) in [6, 6.07) is 13.6. The van der Waals surface area contributed by atoms with Crippen LogP contribution >= 0.6 is 0 Å². The molecule has 134 valence electrons. The SMILES string of the molecule is COc1ccccc1[C@H]1CCC[C@@H](C)N1C(=O)c1cccc2ncnn12. The third-order valence-corrected chi connectivity index (χ3v) is 5.16. The van der Waals surface area contributed by atoms with E-state index in [9.17, 15) is 4.79 Å². The van der Waals surface area contributed by atoms with E-state index < -0.39 is 0 Å². The molecule has 6 nitrogen and oxygen atoms in total. The first kappa shape index (κ1) is 16.6. The lowest BCUT2D eigenvalue weighted by Gasteiger charge is -2.41. The number of carbonyl (C=O) groups is 1. The minimum atomic E-state index is -0.0239. The van der Waals surface area contributed by atoms with Gasteiger partial charge in [-0.05, 0) is 44.4 Å². The molecular weight excluding hydrogens is 328 g/mol. The van der Waals surface area contributed by atoms with Crippen LogP contribution in [0.5, 0.6) is 5.75 Å². The zero-order valence-corrected chi connectivity index (χ0v) is 15.0. The van der Waals surface area contributed by atoms with Gasteiger partial charge in [-0.3, -0.25) is 4.79 Å². The van der Waals surface area contributed by atoms with Gasteiger partial charge in [0.25, 0.3) is 5.91 Å². The Hall–Kier alpha value is -2.89. The molecule has 0 N–H and O–H groups in total. The number of aromatic nitrogens is 3. The molecule has 1 amide bonds. The molecule has 0 spiro atoms. The summed E-state index contributed by atoms with van der Waals surface area (Å²) in [6.45, 7) is 2.11. The van der Waals surface area contributed by atoms with Gasteiger partial charge in [-0.2, -0.15) is 5.10 Å². The summed E-state index contributed by atoms with van der Waals surface area (Å²) >= 11 is 0. The second kappa shape index (κ2) is 6.78. The van der Waals surface area contributed by atoms with Gasteiger partial charge in [-0.15, -0.1) is 0 Å². The van der Waals surface area contributed by atoms with Crippen molar-refractivity contribution in [1.82, 2.24) is 19.5 Å². The molecule has 0 aliphatic carbocycles. The lowest BCUT2D eigenvalue weighted by molar-refractivity contribution is 0.0464. The molecule has 6 heteroatoms. The van der Waals surface area contributed by atoms with Crippen LogP contribution in [0.4, 0.5) is 0 Å². The number of hydrogen-bond acceptors (Lipinski definition) is 4. The largest absolute Gasteiger partial charge is 0.496 e. The number of likely N-dealkylation sites (tertiary alicyclic amines) is 1. The molecule has 4 rings (SSSR count). The van der Waals surface area contributed by atoms with Gasteiger partial charge in [0.05, 0.1) is 13.2 Å². The third kappa shape index (κ3) is 2.71. The highest BCUT2D eigenvalue weighted by atomic mass is 16.5. The van der Waals surface area contributed by atoms with Gasteiger partial charge in [0.15, 0.2) is 5.65 Å². The number of piperidine rings is 1. The average Bonchev–Trinajstić information content (AvgIpc) is 3.16. The molecule has 1 saturated heterocycles. The van der Waals surface area contributed by atoms with Crippen LogP contribution in [0.3, 0.4) is 0 Å². The van der Waals surface area contributed by atoms with Crippen molar-refractivity contribution in [3.05, 3.63) is 60.0 Å². The van der Waals surface area contributed by atoms with Crippen LogP contribution in [-0.2, 0) is 0 Å². The van der Waals surface area contributed by atoms with E-state index in [2.05, 4.69) is 23.1 Å². The fourth-order valence-electron chi connectivity index (χ4n) is 3.92. The highest BCUT2D eigenvalue weighted by molar-refractivity contribution is 5.93. The molecule has 1 fully saturated rings. The molecule has 1 aliphatic rings. The van der Waals surface area contributed by atoms with Crippen LogP contribution < -0.4 is 4.74 Å². The van der Waals surface area contributed by atoms with Crippen LogP contribution in [0.1, 0.15) is 48.3 Å². The lowest BCUT2D eigenvalue weighted by Crippen LogP contribution is -2.45. The van der Waals surface area contributed by atoms with E-state index in [4.69, 9.17) is 4.74 Å². The molecule has 2 atom stereocenters. The Morgan fingerprint density at radius 2 is 2.00 bits per heavy atom. The van der Waals surface area contributed by atoms with Gasteiger partial charge < -0.3 is 9.64 Å². The Morgan fingerprint density at radius 1 is 1.15 bits per heavy atom. The fraction of sp³-hybridized carbons (Fsp3) is 0.350. The fourth-order valence-corrected chi connectivity index (χ4v) is 3.92. The van der Waals surface area contributed by atoms with E-state index in [-0.39, 0.29) is 18.0 Å². The highest BCUT2D eigenvalue weighted by Gasteiger charge is 2.35.